The van der Waals surface area contributed by atoms with Crippen molar-refractivity contribution in [2.24, 2.45) is 0 Å². The predicted molar refractivity (Wildman–Crippen MR) is 64.6 cm³/mol. The second-order valence-electron chi connectivity index (χ2n) is 4.26. The average molecular weight is 232 g/mol. The first-order chi connectivity index (χ1) is 8.38. The van der Waals surface area contributed by atoms with Gasteiger partial charge in [-0.05, 0) is 25.5 Å². The molecule has 0 radical (unpaired) electrons. The molecule has 0 saturated heterocycles. The van der Waals surface area contributed by atoms with Crippen LogP contribution in [0, 0.1) is 0 Å². The van der Waals surface area contributed by atoms with E-state index in [4.69, 9.17) is 14.2 Å². The molecule has 0 N–H and O–H groups in total. The van der Waals surface area contributed by atoms with Gasteiger partial charge < -0.3 is 14.2 Å². The van der Waals surface area contributed by atoms with Gasteiger partial charge in [-0.1, -0.05) is 12.1 Å². The highest BCUT2D eigenvalue weighted by Gasteiger charge is 2.28. The Bertz CT molecular complexity index is 451. The SMILES string of the molecule is CCOC1CCC2=C(O1)c1ccccc1OC2. The number of benzene rings is 1. The first kappa shape index (κ1) is 10.7. The molecule has 3 heteroatoms. The van der Waals surface area contributed by atoms with Crippen LogP contribution in [0.25, 0.3) is 5.76 Å². The maximum atomic E-state index is 5.93. The van der Waals surface area contributed by atoms with Crippen molar-refractivity contribution in [1.82, 2.24) is 0 Å². The molecular weight excluding hydrogens is 216 g/mol. The van der Waals surface area contributed by atoms with E-state index in [1.54, 1.807) is 0 Å². The second-order valence-corrected chi connectivity index (χ2v) is 4.26. The van der Waals surface area contributed by atoms with Crippen molar-refractivity contribution in [3.63, 3.8) is 0 Å². The number of para-hydroxylation sites is 1. The van der Waals surface area contributed by atoms with E-state index < -0.39 is 0 Å². The molecule has 0 fully saturated rings. The molecule has 17 heavy (non-hydrogen) atoms. The average Bonchev–Trinajstić information content (AvgIpc) is 2.39. The van der Waals surface area contributed by atoms with Gasteiger partial charge in [-0.15, -0.1) is 0 Å². The quantitative estimate of drug-likeness (QED) is 0.784. The van der Waals surface area contributed by atoms with Crippen LogP contribution >= 0.6 is 0 Å². The van der Waals surface area contributed by atoms with Crippen molar-refractivity contribution in [2.45, 2.75) is 26.1 Å². The monoisotopic (exact) mass is 232 g/mol. The van der Waals surface area contributed by atoms with Gasteiger partial charge in [0.05, 0.1) is 5.56 Å². The Balaban J connectivity index is 1.93. The van der Waals surface area contributed by atoms with Crippen molar-refractivity contribution in [3.8, 4) is 5.75 Å². The van der Waals surface area contributed by atoms with E-state index in [9.17, 15) is 0 Å². The van der Waals surface area contributed by atoms with Crippen LogP contribution in [0.2, 0.25) is 0 Å². The van der Waals surface area contributed by atoms with Crippen molar-refractivity contribution in [1.29, 1.82) is 0 Å². The Labute approximate surface area is 101 Å². The molecule has 0 amide bonds. The zero-order valence-corrected chi connectivity index (χ0v) is 9.94. The van der Waals surface area contributed by atoms with Crippen molar-refractivity contribution in [2.75, 3.05) is 13.2 Å². The van der Waals surface area contributed by atoms with E-state index in [0.29, 0.717) is 13.2 Å². The highest BCUT2D eigenvalue weighted by Crippen LogP contribution is 2.39. The van der Waals surface area contributed by atoms with E-state index in [1.807, 2.05) is 31.2 Å². The molecule has 1 atom stereocenters. The minimum atomic E-state index is -0.107. The summed E-state index contributed by atoms with van der Waals surface area (Å²) in [5, 5.41) is 0. The standard InChI is InChI=1S/C14H16O3/c1-2-15-13-8-7-10-9-16-12-6-4-3-5-11(12)14(10)17-13/h3-6,13H,2,7-9H2,1H3. The summed E-state index contributed by atoms with van der Waals surface area (Å²) in [6, 6.07) is 8.00. The number of rotatable bonds is 2. The molecule has 1 aromatic carbocycles. The lowest BCUT2D eigenvalue weighted by Gasteiger charge is -2.31. The molecule has 3 nitrogen and oxygen atoms in total. The molecule has 1 unspecified atom stereocenters. The van der Waals surface area contributed by atoms with E-state index in [1.165, 1.54) is 5.57 Å². The Morgan fingerprint density at radius 2 is 2.24 bits per heavy atom. The summed E-state index contributed by atoms with van der Waals surface area (Å²) in [6.45, 7) is 3.32. The highest BCUT2D eigenvalue weighted by atomic mass is 16.7. The molecule has 90 valence electrons. The lowest BCUT2D eigenvalue weighted by Crippen LogP contribution is -2.25. The van der Waals surface area contributed by atoms with E-state index in [2.05, 4.69) is 0 Å². The molecule has 2 heterocycles. The van der Waals surface area contributed by atoms with Crippen LogP contribution in [0.1, 0.15) is 25.3 Å². The number of fused-ring (bicyclic) bond motifs is 2. The molecule has 3 rings (SSSR count). The minimum Gasteiger partial charge on any atom is -0.488 e. The van der Waals surface area contributed by atoms with E-state index >= 15 is 0 Å². The first-order valence-electron chi connectivity index (χ1n) is 6.11. The molecule has 0 aromatic heterocycles. The number of hydrogen-bond donors (Lipinski definition) is 0. The maximum absolute atomic E-state index is 5.93. The van der Waals surface area contributed by atoms with Gasteiger partial charge in [0.2, 0.25) is 0 Å². The zero-order valence-electron chi connectivity index (χ0n) is 9.94. The first-order valence-corrected chi connectivity index (χ1v) is 6.11. The molecule has 2 aliphatic heterocycles. The Morgan fingerprint density at radius 1 is 1.35 bits per heavy atom. The summed E-state index contributed by atoms with van der Waals surface area (Å²) >= 11 is 0. The van der Waals surface area contributed by atoms with Gasteiger partial charge in [-0.3, -0.25) is 0 Å². The highest BCUT2D eigenvalue weighted by molar-refractivity contribution is 5.70. The van der Waals surface area contributed by atoms with Crippen LogP contribution < -0.4 is 4.74 Å². The fourth-order valence-electron chi connectivity index (χ4n) is 2.32. The van der Waals surface area contributed by atoms with Crippen molar-refractivity contribution < 1.29 is 14.2 Å². The Hall–Kier alpha value is -1.48. The molecule has 1 aromatic rings. The van der Waals surface area contributed by atoms with Gasteiger partial charge in [0.15, 0.2) is 6.29 Å². The van der Waals surface area contributed by atoms with Gasteiger partial charge in [-0.2, -0.15) is 0 Å². The predicted octanol–water partition coefficient (Wildman–Crippen LogP) is 2.96. The van der Waals surface area contributed by atoms with E-state index in [0.717, 1.165) is 29.9 Å². The summed E-state index contributed by atoms with van der Waals surface area (Å²) < 4.78 is 17.2. The van der Waals surface area contributed by atoms with Crippen LogP contribution in [0.15, 0.2) is 29.8 Å². The largest absolute Gasteiger partial charge is 0.488 e. The summed E-state index contributed by atoms with van der Waals surface area (Å²) in [7, 11) is 0. The molecule has 0 spiro atoms. The third-order valence-electron chi connectivity index (χ3n) is 3.14. The Kier molecular flexibility index (Phi) is 2.77. The van der Waals surface area contributed by atoms with Gasteiger partial charge in [0.25, 0.3) is 0 Å². The summed E-state index contributed by atoms with van der Waals surface area (Å²) in [6.07, 6.45) is 1.80. The van der Waals surface area contributed by atoms with Gasteiger partial charge >= 0.3 is 0 Å². The summed E-state index contributed by atoms with van der Waals surface area (Å²) in [5.41, 5.74) is 2.30. The number of ether oxygens (including phenoxy) is 3. The second kappa shape index (κ2) is 4.41. The normalized spacial score (nSPS) is 22.3. The van der Waals surface area contributed by atoms with Crippen molar-refractivity contribution in [3.05, 3.63) is 35.4 Å². The minimum absolute atomic E-state index is 0.107. The van der Waals surface area contributed by atoms with Gasteiger partial charge in [-0.25, -0.2) is 0 Å². The van der Waals surface area contributed by atoms with Gasteiger partial charge in [0.1, 0.15) is 18.1 Å². The molecule has 2 aliphatic rings. The third kappa shape index (κ3) is 1.91. The maximum Gasteiger partial charge on any atom is 0.200 e. The summed E-state index contributed by atoms with van der Waals surface area (Å²) in [4.78, 5) is 0. The van der Waals surface area contributed by atoms with Crippen LogP contribution in [0.4, 0.5) is 0 Å². The Morgan fingerprint density at radius 3 is 3.12 bits per heavy atom. The van der Waals surface area contributed by atoms with Gasteiger partial charge in [0, 0.05) is 18.6 Å². The smallest absolute Gasteiger partial charge is 0.200 e. The molecular formula is C14H16O3. The topological polar surface area (TPSA) is 27.7 Å². The lowest BCUT2D eigenvalue weighted by atomic mass is 9.99. The van der Waals surface area contributed by atoms with Crippen molar-refractivity contribution >= 4 is 5.76 Å². The third-order valence-corrected chi connectivity index (χ3v) is 3.14. The lowest BCUT2D eigenvalue weighted by molar-refractivity contribution is -0.103. The van der Waals surface area contributed by atoms with Crippen LogP contribution in [0.3, 0.4) is 0 Å². The molecule has 0 bridgehead atoms. The fraction of sp³-hybridized carbons (Fsp3) is 0.429. The van der Waals surface area contributed by atoms with Crippen LogP contribution in [-0.2, 0) is 9.47 Å². The number of hydrogen-bond acceptors (Lipinski definition) is 3. The molecule has 0 saturated carbocycles. The fourth-order valence-corrected chi connectivity index (χ4v) is 2.32. The van der Waals surface area contributed by atoms with Crippen LogP contribution in [0.5, 0.6) is 5.75 Å². The summed E-state index contributed by atoms with van der Waals surface area (Å²) in [5.74, 6) is 1.87. The zero-order chi connectivity index (χ0) is 11.7. The van der Waals surface area contributed by atoms with E-state index in [-0.39, 0.29) is 6.29 Å². The van der Waals surface area contributed by atoms with Crippen LogP contribution in [-0.4, -0.2) is 19.5 Å². The molecule has 0 aliphatic carbocycles.